The molecule has 0 amide bonds. The van der Waals surface area contributed by atoms with Crippen LogP contribution in [0.5, 0.6) is 0 Å². The number of esters is 1. The molecule has 0 aliphatic heterocycles. The Balaban J connectivity index is 3.01. The highest BCUT2D eigenvalue weighted by molar-refractivity contribution is 7.80. The van der Waals surface area contributed by atoms with E-state index in [9.17, 15) is 4.79 Å². The predicted molar refractivity (Wildman–Crippen MR) is 62.9 cm³/mol. The van der Waals surface area contributed by atoms with Gasteiger partial charge in [0.05, 0.1) is 39.5 Å². The lowest BCUT2D eigenvalue weighted by Gasteiger charge is -2.06. The minimum atomic E-state index is -0.241. The predicted octanol–water partition coefficient (Wildman–Crippen LogP) is 0.529. The first kappa shape index (κ1) is 15.7. The highest BCUT2D eigenvalue weighted by atomic mass is 32.1. The first-order chi connectivity index (χ1) is 7.81. The molecule has 0 rings (SSSR count). The number of carbonyl (C=O) groups is 1. The maximum Gasteiger partial charge on any atom is 0.306 e. The molecule has 0 heterocycles. The summed E-state index contributed by atoms with van der Waals surface area (Å²) < 4.78 is 20.0. The van der Waals surface area contributed by atoms with Gasteiger partial charge >= 0.3 is 5.97 Å². The summed E-state index contributed by atoms with van der Waals surface area (Å²) in [5, 5.41) is 0. The minimum absolute atomic E-state index is 0.241. The molecule has 0 spiro atoms. The summed E-state index contributed by atoms with van der Waals surface area (Å²) >= 11 is 3.92. The Morgan fingerprint density at radius 2 is 1.56 bits per heavy atom. The van der Waals surface area contributed by atoms with Crippen molar-refractivity contribution in [3.05, 3.63) is 0 Å². The van der Waals surface area contributed by atoms with Gasteiger partial charge in [-0.2, -0.15) is 12.6 Å². The molecular formula is C10H20O5S. The van der Waals surface area contributed by atoms with E-state index in [1.54, 1.807) is 7.11 Å². The molecule has 0 unspecified atom stereocenters. The Labute approximate surface area is 102 Å². The van der Waals surface area contributed by atoms with Crippen LogP contribution >= 0.6 is 12.6 Å². The number of hydrogen-bond acceptors (Lipinski definition) is 6. The second-order valence-electron chi connectivity index (χ2n) is 2.91. The molecular weight excluding hydrogens is 232 g/mol. The van der Waals surface area contributed by atoms with Crippen LogP contribution in [0.15, 0.2) is 0 Å². The number of ether oxygens (including phenoxy) is 4. The van der Waals surface area contributed by atoms with Gasteiger partial charge in [-0.05, 0) is 0 Å². The molecule has 0 aliphatic carbocycles. The molecule has 6 heteroatoms. The Kier molecular flexibility index (Phi) is 12.5. The quantitative estimate of drug-likeness (QED) is 0.330. The van der Waals surface area contributed by atoms with Crippen molar-refractivity contribution in [1.82, 2.24) is 0 Å². The molecule has 0 saturated heterocycles. The van der Waals surface area contributed by atoms with E-state index < -0.39 is 0 Å². The largest absolute Gasteiger partial charge is 0.463 e. The smallest absolute Gasteiger partial charge is 0.306 e. The van der Waals surface area contributed by atoms with Crippen LogP contribution in [0, 0.1) is 0 Å². The molecule has 0 saturated carbocycles. The van der Waals surface area contributed by atoms with E-state index in [-0.39, 0.29) is 12.6 Å². The van der Waals surface area contributed by atoms with Crippen LogP contribution in [0.25, 0.3) is 0 Å². The number of carbonyl (C=O) groups excluding carboxylic acids is 1. The van der Waals surface area contributed by atoms with Gasteiger partial charge in [0.15, 0.2) is 0 Å². The second kappa shape index (κ2) is 12.8. The first-order valence-corrected chi connectivity index (χ1v) is 5.85. The summed E-state index contributed by atoms with van der Waals surface area (Å²) in [4.78, 5) is 10.9. The summed E-state index contributed by atoms with van der Waals surface area (Å²) in [6.07, 6.45) is 0.337. The van der Waals surface area contributed by atoms with Crippen LogP contribution in [0.4, 0.5) is 0 Å². The normalized spacial score (nSPS) is 10.4. The molecule has 0 radical (unpaired) electrons. The SMILES string of the molecule is COCCOCCOCCOC(=O)CCS. The molecule has 0 N–H and O–H groups in total. The third-order valence-corrected chi connectivity index (χ3v) is 1.83. The van der Waals surface area contributed by atoms with Crippen LogP contribution in [0.2, 0.25) is 0 Å². The summed E-state index contributed by atoms with van der Waals surface area (Å²) in [7, 11) is 1.62. The molecule has 0 bridgehead atoms. The van der Waals surface area contributed by atoms with Crippen molar-refractivity contribution in [1.29, 1.82) is 0 Å². The molecule has 16 heavy (non-hydrogen) atoms. The van der Waals surface area contributed by atoms with Gasteiger partial charge in [-0.1, -0.05) is 0 Å². The zero-order valence-corrected chi connectivity index (χ0v) is 10.5. The van der Waals surface area contributed by atoms with Gasteiger partial charge in [0.25, 0.3) is 0 Å². The number of methoxy groups -OCH3 is 1. The topological polar surface area (TPSA) is 54.0 Å². The van der Waals surface area contributed by atoms with E-state index in [0.717, 1.165) is 0 Å². The van der Waals surface area contributed by atoms with Crippen molar-refractivity contribution in [3.63, 3.8) is 0 Å². The van der Waals surface area contributed by atoms with Gasteiger partial charge in [-0.15, -0.1) is 0 Å². The molecule has 96 valence electrons. The van der Waals surface area contributed by atoms with Gasteiger partial charge in [0.2, 0.25) is 0 Å². The van der Waals surface area contributed by atoms with E-state index >= 15 is 0 Å². The zero-order chi connectivity index (χ0) is 12.1. The lowest BCUT2D eigenvalue weighted by Crippen LogP contribution is -2.13. The maximum absolute atomic E-state index is 10.9. The maximum atomic E-state index is 10.9. The minimum Gasteiger partial charge on any atom is -0.463 e. The van der Waals surface area contributed by atoms with Crippen molar-refractivity contribution in [2.24, 2.45) is 0 Å². The lowest BCUT2D eigenvalue weighted by atomic mass is 10.5. The van der Waals surface area contributed by atoms with Gasteiger partial charge in [0.1, 0.15) is 6.61 Å². The Bertz CT molecular complexity index is 165. The average molecular weight is 252 g/mol. The van der Waals surface area contributed by atoms with Crippen LogP contribution in [0.3, 0.4) is 0 Å². The highest BCUT2D eigenvalue weighted by Gasteiger charge is 1.99. The van der Waals surface area contributed by atoms with Crippen molar-refractivity contribution < 1.29 is 23.7 Å². The van der Waals surface area contributed by atoms with E-state index in [1.807, 2.05) is 0 Å². The monoisotopic (exact) mass is 252 g/mol. The first-order valence-electron chi connectivity index (χ1n) is 5.22. The Hall–Kier alpha value is -0.300. The second-order valence-corrected chi connectivity index (χ2v) is 3.36. The van der Waals surface area contributed by atoms with Crippen LogP contribution in [0.1, 0.15) is 6.42 Å². The van der Waals surface area contributed by atoms with Crippen molar-refractivity contribution in [2.75, 3.05) is 52.5 Å². The third kappa shape index (κ3) is 11.8. The van der Waals surface area contributed by atoms with Crippen LogP contribution in [-0.2, 0) is 23.7 Å². The molecule has 0 atom stereocenters. The lowest BCUT2D eigenvalue weighted by molar-refractivity contribution is -0.144. The van der Waals surface area contributed by atoms with Crippen LogP contribution < -0.4 is 0 Å². The number of thiol groups is 1. The Morgan fingerprint density at radius 1 is 1.00 bits per heavy atom. The highest BCUT2D eigenvalue weighted by Crippen LogP contribution is 1.89. The van der Waals surface area contributed by atoms with E-state index in [2.05, 4.69) is 12.6 Å². The average Bonchev–Trinajstić information content (AvgIpc) is 2.27. The van der Waals surface area contributed by atoms with Gasteiger partial charge < -0.3 is 18.9 Å². The summed E-state index contributed by atoms with van der Waals surface area (Å²) in [6.45, 7) is 2.84. The van der Waals surface area contributed by atoms with Crippen molar-refractivity contribution >= 4 is 18.6 Å². The number of rotatable bonds is 11. The molecule has 0 aromatic rings. The molecule has 5 nitrogen and oxygen atoms in total. The van der Waals surface area contributed by atoms with Crippen LogP contribution in [-0.4, -0.2) is 58.5 Å². The summed E-state index contributed by atoms with van der Waals surface area (Å²) in [6, 6.07) is 0. The molecule has 0 aromatic heterocycles. The molecule has 0 aliphatic rings. The number of hydrogen-bond donors (Lipinski definition) is 1. The van der Waals surface area contributed by atoms with Gasteiger partial charge in [-0.3, -0.25) is 4.79 Å². The fraction of sp³-hybridized carbons (Fsp3) is 0.900. The third-order valence-electron chi connectivity index (χ3n) is 1.61. The summed E-state index contributed by atoms with van der Waals surface area (Å²) in [5.74, 6) is 0.266. The van der Waals surface area contributed by atoms with Gasteiger partial charge in [0, 0.05) is 12.9 Å². The molecule has 0 aromatic carbocycles. The fourth-order valence-electron chi connectivity index (χ4n) is 0.842. The van der Waals surface area contributed by atoms with Crippen molar-refractivity contribution in [3.8, 4) is 0 Å². The zero-order valence-electron chi connectivity index (χ0n) is 9.65. The fourth-order valence-corrected chi connectivity index (χ4v) is 1.02. The summed E-state index contributed by atoms with van der Waals surface area (Å²) in [5.41, 5.74) is 0. The standard InChI is InChI=1S/C10H20O5S/c1-12-3-4-13-5-6-14-7-8-15-10(11)2-9-16/h16H,2-9H2,1H3. The Morgan fingerprint density at radius 3 is 2.12 bits per heavy atom. The van der Waals surface area contributed by atoms with Gasteiger partial charge in [-0.25, -0.2) is 0 Å². The van der Waals surface area contributed by atoms with E-state index in [4.69, 9.17) is 18.9 Å². The van der Waals surface area contributed by atoms with E-state index in [1.165, 1.54) is 0 Å². The van der Waals surface area contributed by atoms with Crippen molar-refractivity contribution in [2.45, 2.75) is 6.42 Å². The molecule has 0 fully saturated rings. The van der Waals surface area contributed by atoms with E-state index in [0.29, 0.717) is 45.2 Å².